The van der Waals surface area contributed by atoms with Gasteiger partial charge in [-0.3, -0.25) is 4.79 Å². The molecule has 0 aromatic heterocycles. The van der Waals surface area contributed by atoms with Gasteiger partial charge in [0.1, 0.15) is 0 Å². The molecule has 5 heteroatoms. The quantitative estimate of drug-likeness (QED) is 0.766. The summed E-state index contributed by atoms with van der Waals surface area (Å²) in [7, 11) is 1.66. The number of ether oxygens (including phenoxy) is 1. The van der Waals surface area contributed by atoms with Crippen molar-refractivity contribution in [1.82, 2.24) is 4.90 Å². The van der Waals surface area contributed by atoms with E-state index >= 15 is 0 Å². The molecule has 0 heterocycles. The van der Waals surface area contributed by atoms with Crippen LogP contribution in [-0.4, -0.2) is 47.2 Å². The maximum absolute atomic E-state index is 11.8. The van der Waals surface area contributed by atoms with Gasteiger partial charge in [0, 0.05) is 13.1 Å². The van der Waals surface area contributed by atoms with Crippen molar-refractivity contribution >= 4 is 11.9 Å². The van der Waals surface area contributed by atoms with Crippen LogP contribution in [0.3, 0.4) is 0 Å². The van der Waals surface area contributed by atoms with E-state index in [1.807, 2.05) is 13.8 Å². The predicted octanol–water partition coefficient (Wildman–Crippen LogP) is 1.09. The van der Waals surface area contributed by atoms with E-state index in [1.54, 1.807) is 7.05 Å². The Balaban J connectivity index is 2.43. The van der Waals surface area contributed by atoms with Crippen molar-refractivity contribution in [2.45, 2.75) is 57.6 Å². The second kappa shape index (κ2) is 6.18. The van der Waals surface area contributed by atoms with E-state index in [4.69, 9.17) is 4.74 Å². The summed E-state index contributed by atoms with van der Waals surface area (Å²) in [5.74, 6) is -0.912. The van der Waals surface area contributed by atoms with Crippen molar-refractivity contribution in [3.8, 4) is 0 Å². The first-order valence-electron chi connectivity index (χ1n) is 6.52. The van der Waals surface area contributed by atoms with Gasteiger partial charge in [-0.05, 0) is 39.5 Å². The third kappa shape index (κ3) is 3.70. The van der Waals surface area contributed by atoms with E-state index in [1.165, 1.54) is 4.90 Å². The van der Waals surface area contributed by atoms with E-state index < -0.39 is 11.6 Å². The largest absolute Gasteiger partial charge is 0.453 e. The average molecular weight is 257 g/mol. The third-order valence-corrected chi connectivity index (χ3v) is 3.56. The number of amides is 1. The first kappa shape index (κ1) is 15.0. The summed E-state index contributed by atoms with van der Waals surface area (Å²) in [6.45, 7) is 3.47. The molecule has 0 radical (unpaired) electrons. The van der Waals surface area contributed by atoms with Crippen LogP contribution in [0.1, 0.15) is 46.0 Å². The Morgan fingerprint density at radius 2 is 1.83 bits per heavy atom. The first-order chi connectivity index (χ1) is 8.37. The lowest BCUT2D eigenvalue weighted by atomic mass is 9.85. The minimum Gasteiger partial charge on any atom is -0.453 e. The van der Waals surface area contributed by atoms with Crippen LogP contribution in [0, 0.1) is 0 Å². The number of hydrogen-bond donors (Lipinski definition) is 1. The summed E-state index contributed by atoms with van der Waals surface area (Å²) in [4.78, 5) is 24.9. The summed E-state index contributed by atoms with van der Waals surface area (Å²) in [5.41, 5.74) is -1.38. The van der Waals surface area contributed by atoms with E-state index in [2.05, 4.69) is 0 Å². The fourth-order valence-electron chi connectivity index (χ4n) is 1.99. The molecule has 1 aliphatic rings. The van der Waals surface area contributed by atoms with Crippen LogP contribution in [0.4, 0.5) is 0 Å². The molecule has 1 saturated carbocycles. The Kier molecular flexibility index (Phi) is 5.14. The monoisotopic (exact) mass is 257 g/mol. The molecule has 0 spiro atoms. The van der Waals surface area contributed by atoms with Gasteiger partial charge in [0.15, 0.2) is 12.2 Å². The molecule has 1 rings (SSSR count). The van der Waals surface area contributed by atoms with Crippen molar-refractivity contribution in [3.05, 3.63) is 0 Å². The lowest BCUT2D eigenvalue weighted by Crippen LogP contribution is -2.44. The van der Waals surface area contributed by atoms with Crippen LogP contribution in [0.15, 0.2) is 0 Å². The van der Waals surface area contributed by atoms with E-state index in [-0.39, 0.29) is 18.6 Å². The molecule has 0 atom stereocenters. The number of carbonyl (C=O) groups excluding carboxylic acids is 2. The minimum atomic E-state index is -1.38. The molecule has 5 nitrogen and oxygen atoms in total. The Morgan fingerprint density at radius 1 is 1.28 bits per heavy atom. The van der Waals surface area contributed by atoms with Crippen LogP contribution < -0.4 is 0 Å². The smallest absolute Gasteiger partial charge is 0.338 e. The number of carbonyl (C=O) groups is 2. The minimum absolute atomic E-state index is 0.0639. The van der Waals surface area contributed by atoms with Gasteiger partial charge in [-0.25, -0.2) is 4.79 Å². The Bertz CT molecular complexity index is 308. The van der Waals surface area contributed by atoms with Gasteiger partial charge < -0.3 is 14.7 Å². The molecule has 0 aromatic rings. The number of rotatable bonds is 4. The highest BCUT2D eigenvalue weighted by molar-refractivity contribution is 5.84. The zero-order valence-corrected chi connectivity index (χ0v) is 11.4. The van der Waals surface area contributed by atoms with E-state index in [0.717, 1.165) is 19.3 Å². The van der Waals surface area contributed by atoms with Crippen molar-refractivity contribution < 1.29 is 19.4 Å². The van der Waals surface area contributed by atoms with Crippen LogP contribution in [0.2, 0.25) is 0 Å². The van der Waals surface area contributed by atoms with Crippen LogP contribution in [0.5, 0.6) is 0 Å². The average Bonchev–Trinajstić information content (AvgIpc) is 2.35. The molecule has 1 amide bonds. The highest BCUT2D eigenvalue weighted by atomic mass is 16.6. The fraction of sp³-hybridized carbons (Fsp3) is 0.846. The lowest BCUT2D eigenvalue weighted by Gasteiger charge is -2.30. The number of hydrogen-bond acceptors (Lipinski definition) is 4. The third-order valence-electron chi connectivity index (χ3n) is 3.56. The summed E-state index contributed by atoms with van der Waals surface area (Å²) in [5, 5.41) is 10.1. The zero-order valence-electron chi connectivity index (χ0n) is 11.4. The fourth-order valence-corrected chi connectivity index (χ4v) is 1.99. The second-order valence-corrected chi connectivity index (χ2v) is 5.27. The number of aliphatic hydroxyl groups is 1. The molecule has 1 fully saturated rings. The van der Waals surface area contributed by atoms with E-state index in [9.17, 15) is 14.7 Å². The molecular formula is C13H23NO4. The zero-order chi connectivity index (χ0) is 13.8. The molecule has 0 bridgehead atoms. The summed E-state index contributed by atoms with van der Waals surface area (Å²) in [6, 6.07) is 0.0639. The van der Waals surface area contributed by atoms with Gasteiger partial charge >= 0.3 is 5.97 Å². The normalized spacial score (nSPS) is 18.5. The lowest BCUT2D eigenvalue weighted by molar-refractivity contribution is -0.172. The number of esters is 1. The van der Waals surface area contributed by atoms with Crippen molar-refractivity contribution in [2.75, 3.05) is 13.7 Å². The molecule has 1 N–H and O–H groups in total. The van der Waals surface area contributed by atoms with E-state index in [0.29, 0.717) is 12.8 Å². The molecule has 0 unspecified atom stereocenters. The summed E-state index contributed by atoms with van der Waals surface area (Å²) >= 11 is 0. The summed E-state index contributed by atoms with van der Waals surface area (Å²) < 4.78 is 4.94. The molecule has 1 aliphatic carbocycles. The highest BCUT2D eigenvalue weighted by Crippen LogP contribution is 2.29. The first-order valence-corrected chi connectivity index (χ1v) is 6.52. The molecule has 0 saturated heterocycles. The summed E-state index contributed by atoms with van der Waals surface area (Å²) in [6.07, 6.45) is 3.54. The Labute approximate surface area is 108 Å². The second-order valence-electron chi connectivity index (χ2n) is 5.27. The molecular weight excluding hydrogens is 234 g/mol. The SMILES string of the molecule is CC(C)N(C)C(=O)COC(=O)C1(O)CCCCC1. The van der Waals surface area contributed by atoms with Crippen LogP contribution in [0.25, 0.3) is 0 Å². The topological polar surface area (TPSA) is 66.8 Å². The molecule has 0 aliphatic heterocycles. The van der Waals surface area contributed by atoms with Crippen LogP contribution >= 0.6 is 0 Å². The molecule has 0 aromatic carbocycles. The molecule has 18 heavy (non-hydrogen) atoms. The number of likely N-dealkylation sites (N-methyl/N-ethyl adjacent to an activating group) is 1. The molecule has 104 valence electrons. The van der Waals surface area contributed by atoms with Crippen molar-refractivity contribution in [1.29, 1.82) is 0 Å². The van der Waals surface area contributed by atoms with Gasteiger partial charge in [0.2, 0.25) is 0 Å². The standard InChI is InChI=1S/C13H23NO4/c1-10(2)14(3)11(15)9-18-12(16)13(17)7-5-4-6-8-13/h10,17H,4-9H2,1-3H3. The van der Waals surface area contributed by atoms with Gasteiger partial charge in [0.05, 0.1) is 0 Å². The maximum Gasteiger partial charge on any atom is 0.338 e. The van der Waals surface area contributed by atoms with Gasteiger partial charge in [0.25, 0.3) is 5.91 Å². The van der Waals surface area contributed by atoms with Crippen molar-refractivity contribution in [3.63, 3.8) is 0 Å². The van der Waals surface area contributed by atoms with Gasteiger partial charge in [-0.2, -0.15) is 0 Å². The van der Waals surface area contributed by atoms with Gasteiger partial charge in [-0.1, -0.05) is 6.42 Å². The number of nitrogens with zero attached hydrogens (tertiary/aromatic N) is 1. The Hall–Kier alpha value is -1.10. The van der Waals surface area contributed by atoms with Crippen LogP contribution in [-0.2, 0) is 14.3 Å². The maximum atomic E-state index is 11.8. The van der Waals surface area contributed by atoms with Crippen molar-refractivity contribution in [2.24, 2.45) is 0 Å². The predicted molar refractivity (Wildman–Crippen MR) is 66.9 cm³/mol. The highest BCUT2D eigenvalue weighted by Gasteiger charge is 2.39. The van der Waals surface area contributed by atoms with Gasteiger partial charge in [-0.15, -0.1) is 0 Å². The Morgan fingerprint density at radius 3 is 2.33 bits per heavy atom.